The van der Waals surface area contributed by atoms with Gasteiger partial charge in [-0.2, -0.15) is 0 Å². The standard InChI is InChI=1S/C10H11F2NO3/c1-5(16-10(13)15)9(14)7-3-2-6(11)4-8(7)12/h2-5,9,14H,1H3,(H2,13,15)/t5-,9+/m0/s1. The van der Waals surface area contributed by atoms with E-state index < -0.39 is 29.9 Å². The molecule has 4 nitrogen and oxygen atoms in total. The number of rotatable bonds is 3. The predicted octanol–water partition coefficient (Wildman–Crippen LogP) is 1.48. The summed E-state index contributed by atoms with van der Waals surface area (Å²) in [4.78, 5) is 10.4. The highest BCUT2D eigenvalue weighted by atomic mass is 19.1. The molecule has 1 aromatic carbocycles. The summed E-state index contributed by atoms with van der Waals surface area (Å²) >= 11 is 0. The van der Waals surface area contributed by atoms with Gasteiger partial charge in [0.05, 0.1) is 0 Å². The van der Waals surface area contributed by atoms with Gasteiger partial charge in [0.15, 0.2) is 0 Å². The van der Waals surface area contributed by atoms with Gasteiger partial charge in [0.2, 0.25) is 0 Å². The number of nitrogens with two attached hydrogens (primary N) is 1. The fourth-order valence-electron chi connectivity index (χ4n) is 1.24. The molecule has 0 aliphatic heterocycles. The van der Waals surface area contributed by atoms with Crippen LogP contribution < -0.4 is 5.73 Å². The van der Waals surface area contributed by atoms with Crippen molar-refractivity contribution in [3.05, 3.63) is 35.4 Å². The van der Waals surface area contributed by atoms with E-state index in [1.807, 2.05) is 0 Å². The van der Waals surface area contributed by atoms with Gasteiger partial charge in [-0.3, -0.25) is 0 Å². The fourth-order valence-corrected chi connectivity index (χ4v) is 1.24. The number of halogens is 2. The summed E-state index contributed by atoms with van der Waals surface area (Å²) in [5, 5.41) is 9.61. The Hall–Kier alpha value is -1.69. The molecule has 1 amide bonds. The third-order valence-electron chi connectivity index (χ3n) is 2.03. The Morgan fingerprint density at radius 2 is 2.12 bits per heavy atom. The number of aliphatic hydroxyl groups is 1. The molecule has 1 aromatic rings. The second-order valence-electron chi connectivity index (χ2n) is 3.25. The van der Waals surface area contributed by atoms with E-state index in [0.717, 1.165) is 12.1 Å². The maximum absolute atomic E-state index is 13.2. The summed E-state index contributed by atoms with van der Waals surface area (Å²) in [6, 6.07) is 2.71. The van der Waals surface area contributed by atoms with E-state index in [0.29, 0.717) is 6.07 Å². The van der Waals surface area contributed by atoms with Gasteiger partial charge in [-0.25, -0.2) is 13.6 Å². The first-order chi connectivity index (χ1) is 7.41. The van der Waals surface area contributed by atoms with Crippen molar-refractivity contribution in [3.8, 4) is 0 Å². The van der Waals surface area contributed by atoms with Gasteiger partial charge in [-0.05, 0) is 13.0 Å². The average molecular weight is 231 g/mol. The number of primary amides is 1. The van der Waals surface area contributed by atoms with Crippen LogP contribution >= 0.6 is 0 Å². The Morgan fingerprint density at radius 3 is 2.62 bits per heavy atom. The van der Waals surface area contributed by atoms with E-state index >= 15 is 0 Å². The molecule has 0 heterocycles. The van der Waals surface area contributed by atoms with Crippen LogP contribution in [0.3, 0.4) is 0 Å². The molecule has 88 valence electrons. The highest BCUT2D eigenvalue weighted by Gasteiger charge is 2.22. The second kappa shape index (κ2) is 4.89. The minimum atomic E-state index is -1.40. The second-order valence-corrected chi connectivity index (χ2v) is 3.25. The Labute approximate surface area is 90.6 Å². The lowest BCUT2D eigenvalue weighted by molar-refractivity contribution is 0.0139. The number of benzene rings is 1. The minimum absolute atomic E-state index is 0.157. The Morgan fingerprint density at radius 1 is 1.50 bits per heavy atom. The normalized spacial score (nSPS) is 14.2. The van der Waals surface area contributed by atoms with Gasteiger partial charge >= 0.3 is 6.09 Å². The lowest BCUT2D eigenvalue weighted by Crippen LogP contribution is -2.26. The van der Waals surface area contributed by atoms with Crippen LogP contribution in [0.5, 0.6) is 0 Å². The number of aliphatic hydroxyl groups excluding tert-OH is 1. The lowest BCUT2D eigenvalue weighted by atomic mass is 10.0. The molecule has 0 bridgehead atoms. The monoisotopic (exact) mass is 231 g/mol. The minimum Gasteiger partial charge on any atom is -0.444 e. The molecular weight excluding hydrogens is 220 g/mol. The van der Waals surface area contributed by atoms with Gasteiger partial charge < -0.3 is 15.6 Å². The van der Waals surface area contributed by atoms with Crippen LogP contribution in [-0.2, 0) is 4.74 Å². The molecule has 6 heteroatoms. The topological polar surface area (TPSA) is 72.5 Å². The summed E-state index contributed by atoms with van der Waals surface area (Å²) in [6.07, 6.45) is -3.49. The smallest absolute Gasteiger partial charge is 0.404 e. The number of hydrogen-bond donors (Lipinski definition) is 2. The van der Waals surface area contributed by atoms with Crippen molar-refractivity contribution in [1.82, 2.24) is 0 Å². The first-order valence-electron chi connectivity index (χ1n) is 4.51. The lowest BCUT2D eigenvalue weighted by Gasteiger charge is -2.18. The SMILES string of the molecule is C[C@H](OC(N)=O)[C@@H](O)c1ccc(F)cc1F. The van der Waals surface area contributed by atoms with Crippen molar-refractivity contribution in [3.63, 3.8) is 0 Å². The fraction of sp³-hybridized carbons (Fsp3) is 0.300. The molecule has 0 radical (unpaired) electrons. The van der Waals surface area contributed by atoms with E-state index in [4.69, 9.17) is 5.73 Å². The third kappa shape index (κ3) is 2.90. The zero-order valence-corrected chi connectivity index (χ0v) is 8.48. The summed E-state index contributed by atoms with van der Waals surface area (Å²) in [6.45, 7) is 1.35. The summed E-state index contributed by atoms with van der Waals surface area (Å²) in [5.74, 6) is -1.66. The van der Waals surface area contributed by atoms with Gasteiger partial charge in [0, 0.05) is 11.6 Å². The van der Waals surface area contributed by atoms with Crippen molar-refractivity contribution in [2.75, 3.05) is 0 Å². The highest BCUT2D eigenvalue weighted by Crippen LogP contribution is 2.22. The quantitative estimate of drug-likeness (QED) is 0.827. The molecule has 1 rings (SSSR count). The third-order valence-corrected chi connectivity index (χ3v) is 2.03. The van der Waals surface area contributed by atoms with Crippen LogP contribution in [0.1, 0.15) is 18.6 Å². The largest absolute Gasteiger partial charge is 0.444 e. The average Bonchev–Trinajstić information content (AvgIpc) is 2.15. The zero-order valence-electron chi connectivity index (χ0n) is 8.48. The molecule has 0 saturated carbocycles. The van der Waals surface area contributed by atoms with Crippen molar-refractivity contribution in [2.24, 2.45) is 5.73 Å². The molecule has 0 aliphatic carbocycles. The molecule has 0 unspecified atom stereocenters. The molecule has 0 fully saturated rings. The van der Waals surface area contributed by atoms with E-state index in [-0.39, 0.29) is 5.56 Å². The van der Waals surface area contributed by atoms with Crippen molar-refractivity contribution < 1.29 is 23.4 Å². The van der Waals surface area contributed by atoms with Gasteiger partial charge in [-0.1, -0.05) is 6.07 Å². The molecule has 2 atom stereocenters. The Kier molecular flexibility index (Phi) is 3.78. The van der Waals surface area contributed by atoms with Crippen molar-refractivity contribution in [2.45, 2.75) is 19.1 Å². The first kappa shape index (κ1) is 12.4. The van der Waals surface area contributed by atoms with Crippen LogP contribution in [0.25, 0.3) is 0 Å². The summed E-state index contributed by atoms with van der Waals surface area (Å²) in [7, 11) is 0. The molecule has 3 N–H and O–H groups in total. The maximum Gasteiger partial charge on any atom is 0.404 e. The Balaban J connectivity index is 2.87. The summed E-state index contributed by atoms with van der Waals surface area (Å²) in [5.41, 5.74) is 4.59. The number of hydrogen-bond acceptors (Lipinski definition) is 3. The van der Waals surface area contributed by atoms with Gasteiger partial charge in [0.25, 0.3) is 0 Å². The maximum atomic E-state index is 13.2. The van der Waals surface area contributed by atoms with Crippen LogP contribution in [0.2, 0.25) is 0 Å². The van der Waals surface area contributed by atoms with Gasteiger partial charge in [0.1, 0.15) is 23.8 Å². The van der Waals surface area contributed by atoms with Crippen LogP contribution in [-0.4, -0.2) is 17.3 Å². The summed E-state index contributed by atoms with van der Waals surface area (Å²) < 4.78 is 30.3. The first-order valence-corrected chi connectivity index (χ1v) is 4.51. The van der Waals surface area contributed by atoms with Gasteiger partial charge in [-0.15, -0.1) is 0 Å². The van der Waals surface area contributed by atoms with Crippen molar-refractivity contribution in [1.29, 1.82) is 0 Å². The Bertz CT molecular complexity index is 398. The number of carbonyl (C=O) groups excluding carboxylic acids is 1. The number of ether oxygens (including phenoxy) is 1. The van der Waals surface area contributed by atoms with E-state index in [1.165, 1.54) is 6.92 Å². The number of amides is 1. The molecule has 0 spiro atoms. The van der Waals surface area contributed by atoms with E-state index in [9.17, 15) is 18.7 Å². The molecule has 16 heavy (non-hydrogen) atoms. The van der Waals surface area contributed by atoms with Crippen LogP contribution in [0.4, 0.5) is 13.6 Å². The zero-order chi connectivity index (χ0) is 12.3. The van der Waals surface area contributed by atoms with E-state index in [2.05, 4.69) is 4.74 Å². The predicted molar refractivity (Wildman–Crippen MR) is 51.4 cm³/mol. The number of carbonyl (C=O) groups is 1. The molecule has 0 saturated heterocycles. The van der Waals surface area contributed by atoms with Crippen LogP contribution in [0, 0.1) is 11.6 Å². The van der Waals surface area contributed by atoms with Crippen molar-refractivity contribution >= 4 is 6.09 Å². The van der Waals surface area contributed by atoms with E-state index in [1.54, 1.807) is 0 Å². The highest BCUT2D eigenvalue weighted by molar-refractivity contribution is 5.64. The van der Waals surface area contributed by atoms with Crippen LogP contribution in [0.15, 0.2) is 18.2 Å². The molecule has 0 aliphatic rings. The molecular formula is C10H11F2NO3. The molecule has 0 aromatic heterocycles.